The van der Waals surface area contributed by atoms with Crippen molar-refractivity contribution in [3.8, 4) is 0 Å². The third-order valence-electron chi connectivity index (χ3n) is 2.82. The predicted molar refractivity (Wildman–Crippen MR) is 76.9 cm³/mol. The third kappa shape index (κ3) is 3.26. The maximum absolute atomic E-state index is 13.3. The van der Waals surface area contributed by atoms with Gasteiger partial charge in [0.1, 0.15) is 0 Å². The zero-order chi connectivity index (χ0) is 15.7. The Morgan fingerprint density at radius 2 is 1.48 bits per heavy atom. The Morgan fingerprint density at radius 3 is 1.95 bits per heavy atom. The van der Waals surface area contributed by atoms with Crippen LogP contribution in [0.25, 0.3) is 0 Å². The molecule has 112 valence electrons. The quantitative estimate of drug-likeness (QED) is 0.768. The molecule has 6 heteroatoms. The number of hydrogen-bond donors (Lipinski definition) is 0. The van der Waals surface area contributed by atoms with Gasteiger partial charge in [-0.1, -0.05) is 24.3 Å². The number of nitrogens with zero attached hydrogens (tertiary/aromatic N) is 1. The SMILES string of the molecule is Cc1cc(C)cc(N=S(=O)(c2ccccc2)C(F)(F)F)c1. The first-order valence-corrected chi connectivity index (χ1v) is 7.71. The summed E-state index contributed by atoms with van der Waals surface area (Å²) >= 11 is 0. The normalized spacial score (nSPS) is 14.5. The highest BCUT2D eigenvalue weighted by Crippen LogP contribution is 2.35. The molecule has 2 nitrogen and oxygen atoms in total. The first-order valence-electron chi connectivity index (χ1n) is 6.19. The summed E-state index contributed by atoms with van der Waals surface area (Å²) in [4.78, 5) is -0.336. The maximum Gasteiger partial charge on any atom is 0.484 e. The highest BCUT2D eigenvalue weighted by molar-refractivity contribution is 7.94. The molecule has 2 aromatic rings. The van der Waals surface area contributed by atoms with Gasteiger partial charge < -0.3 is 0 Å². The molecule has 0 aliphatic rings. The summed E-state index contributed by atoms with van der Waals surface area (Å²) in [5.74, 6) is 0. The topological polar surface area (TPSA) is 29.4 Å². The van der Waals surface area contributed by atoms with Crippen LogP contribution in [0, 0.1) is 13.8 Å². The number of hydrogen-bond acceptors (Lipinski definition) is 2. The minimum absolute atomic E-state index is 0.0682. The molecule has 0 spiro atoms. The monoisotopic (exact) mass is 313 g/mol. The van der Waals surface area contributed by atoms with Crippen LogP contribution in [-0.4, -0.2) is 9.72 Å². The lowest BCUT2D eigenvalue weighted by Crippen LogP contribution is -2.22. The minimum Gasteiger partial charge on any atom is -0.235 e. The van der Waals surface area contributed by atoms with E-state index in [0.717, 1.165) is 11.1 Å². The molecule has 0 aliphatic heterocycles. The van der Waals surface area contributed by atoms with Crippen molar-refractivity contribution in [3.05, 3.63) is 59.7 Å². The van der Waals surface area contributed by atoms with Crippen LogP contribution in [0.3, 0.4) is 0 Å². The predicted octanol–water partition coefficient (Wildman–Crippen LogP) is 4.98. The minimum atomic E-state index is -4.94. The van der Waals surface area contributed by atoms with E-state index in [-0.39, 0.29) is 10.6 Å². The summed E-state index contributed by atoms with van der Waals surface area (Å²) in [6.45, 7) is 3.51. The number of aryl methyl sites for hydroxylation is 2. The molecule has 0 saturated carbocycles. The van der Waals surface area contributed by atoms with Crippen molar-refractivity contribution in [2.45, 2.75) is 24.3 Å². The van der Waals surface area contributed by atoms with Gasteiger partial charge in [0, 0.05) is 0 Å². The largest absolute Gasteiger partial charge is 0.484 e. The number of alkyl halides is 3. The van der Waals surface area contributed by atoms with Gasteiger partial charge in [0.2, 0.25) is 0 Å². The Labute approximate surface area is 121 Å². The van der Waals surface area contributed by atoms with E-state index >= 15 is 0 Å². The molecular weight excluding hydrogens is 299 g/mol. The number of rotatable bonds is 2. The molecule has 2 rings (SSSR count). The van der Waals surface area contributed by atoms with Crippen LogP contribution in [0.15, 0.2) is 57.8 Å². The third-order valence-corrected chi connectivity index (χ3v) is 4.82. The summed E-state index contributed by atoms with van der Waals surface area (Å²) in [5.41, 5.74) is -3.33. The van der Waals surface area contributed by atoms with Gasteiger partial charge in [-0.05, 0) is 49.2 Å². The molecule has 2 aromatic carbocycles. The van der Waals surface area contributed by atoms with E-state index in [0.29, 0.717) is 0 Å². The highest BCUT2D eigenvalue weighted by Gasteiger charge is 2.44. The summed E-state index contributed by atoms with van der Waals surface area (Å²) in [6.07, 6.45) is 0. The molecule has 0 bridgehead atoms. The second-order valence-electron chi connectivity index (χ2n) is 4.72. The average molecular weight is 313 g/mol. The van der Waals surface area contributed by atoms with Crippen LogP contribution < -0.4 is 0 Å². The fraction of sp³-hybridized carbons (Fsp3) is 0.200. The van der Waals surface area contributed by atoms with Crippen LogP contribution >= 0.6 is 0 Å². The van der Waals surface area contributed by atoms with Crippen molar-refractivity contribution in [2.75, 3.05) is 0 Å². The summed E-state index contributed by atoms with van der Waals surface area (Å²) in [7, 11) is -4.55. The van der Waals surface area contributed by atoms with Crippen molar-refractivity contribution < 1.29 is 17.4 Å². The van der Waals surface area contributed by atoms with Crippen molar-refractivity contribution in [1.29, 1.82) is 0 Å². The van der Waals surface area contributed by atoms with E-state index in [1.54, 1.807) is 19.9 Å². The Bertz CT molecular complexity index is 740. The van der Waals surface area contributed by atoms with Crippen LogP contribution in [0.4, 0.5) is 18.9 Å². The lowest BCUT2D eigenvalue weighted by molar-refractivity contribution is -0.0402. The second kappa shape index (κ2) is 5.52. The van der Waals surface area contributed by atoms with E-state index in [4.69, 9.17) is 0 Å². The van der Waals surface area contributed by atoms with Crippen molar-refractivity contribution in [2.24, 2.45) is 4.36 Å². The lowest BCUT2D eigenvalue weighted by Gasteiger charge is -2.14. The Kier molecular flexibility index (Phi) is 4.09. The lowest BCUT2D eigenvalue weighted by atomic mass is 10.1. The van der Waals surface area contributed by atoms with Crippen LogP contribution in [0.5, 0.6) is 0 Å². The first-order chi connectivity index (χ1) is 9.72. The van der Waals surface area contributed by atoms with Gasteiger partial charge in [0.25, 0.3) is 0 Å². The molecule has 0 fully saturated rings. The number of halogens is 3. The summed E-state index contributed by atoms with van der Waals surface area (Å²) in [5, 5.41) is 0. The first kappa shape index (κ1) is 15.6. The molecule has 0 radical (unpaired) electrons. The molecule has 0 heterocycles. The van der Waals surface area contributed by atoms with Gasteiger partial charge in [-0.2, -0.15) is 17.5 Å². The Balaban J connectivity index is 2.73. The molecule has 0 N–H and O–H groups in total. The van der Waals surface area contributed by atoms with E-state index in [2.05, 4.69) is 4.36 Å². The summed E-state index contributed by atoms with van der Waals surface area (Å²) < 4.78 is 56.0. The standard InChI is InChI=1S/C15H14F3NOS/c1-11-8-12(2)10-13(9-11)19-21(20,15(16,17)18)14-6-4-3-5-7-14/h3-10H,1-2H3. The van der Waals surface area contributed by atoms with Crippen LogP contribution in [0.1, 0.15) is 11.1 Å². The Hall–Kier alpha value is -1.82. The Morgan fingerprint density at radius 1 is 0.952 bits per heavy atom. The van der Waals surface area contributed by atoms with Crippen molar-refractivity contribution in [1.82, 2.24) is 0 Å². The average Bonchev–Trinajstić information content (AvgIpc) is 2.37. The summed E-state index contributed by atoms with van der Waals surface area (Å²) in [6, 6.07) is 11.6. The molecule has 0 amide bonds. The molecule has 0 aromatic heterocycles. The van der Waals surface area contributed by atoms with Gasteiger partial charge in [-0.25, -0.2) is 4.21 Å². The van der Waals surface area contributed by atoms with E-state index < -0.39 is 15.2 Å². The molecule has 0 saturated heterocycles. The van der Waals surface area contributed by atoms with Crippen LogP contribution in [0.2, 0.25) is 0 Å². The van der Waals surface area contributed by atoms with E-state index in [9.17, 15) is 17.4 Å². The molecule has 1 atom stereocenters. The van der Waals surface area contributed by atoms with Crippen molar-refractivity contribution >= 4 is 15.4 Å². The van der Waals surface area contributed by atoms with E-state index in [1.807, 2.05) is 6.07 Å². The van der Waals surface area contributed by atoms with Crippen molar-refractivity contribution in [3.63, 3.8) is 0 Å². The highest BCUT2D eigenvalue weighted by atomic mass is 32.2. The van der Waals surface area contributed by atoms with E-state index in [1.165, 1.54) is 36.4 Å². The molecular formula is C15H14F3NOS. The molecule has 0 aliphatic carbocycles. The van der Waals surface area contributed by atoms with Gasteiger partial charge in [-0.3, -0.25) is 0 Å². The second-order valence-corrected chi connectivity index (χ2v) is 6.89. The number of benzene rings is 2. The smallest absolute Gasteiger partial charge is 0.235 e. The van der Waals surface area contributed by atoms with Gasteiger partial charge in [0.15, 0.2) is 9.73 Å². The fourth-order valence-corrected chi connectivity index (χ4v) is 3.40. The fourth-order valence-electron chi connectivity index (χ4n) is 1.99. The van der Waals surface area contributed by atoms with Crippen LogP contribution in [-0.2, 0) is 9.73 Å². The molecule has 21 heavy (non-hydrogen) atoms. The van der Waals surface area contributed by atoms with Gasteiger partial charge >= 0.3 is 5.51 Å². The zero-order valence-electron chi connectivity index (χ0n) is 11.5. The zero-order valence-corrected chi connectivity index (χ0v) is 12.3. The van der Waals surface area contributed by atoms with Gasteiger partial charge in [0.05, 0.1) is 10.6 Å². The van der Waals surface area contributed by atoms with Gasteiger partial charge in [-0.15, -0.1) is 0 Å². The molecule has 1 unspecified atom stereocenters. The maximum atomic E-state index is 13.3.